The van der Waals surface area contributed by atoms with E-state index in [0.717, 1.165) is 6.07 Å². The second-order valence-corrected chi connectivity index (χ2v) is 6.58. The summed E-state index contributed by atoms with van der Waals surface area (Å²) in [6.45, 7) is 4.16. The van der Waals surface area contributed by atoms with Crippen LogP contribution in [0.1, 0.15) is 25.3 Å². The van der Waals surface area contributed by atoms with Gasteiger partial charge in [0.1, 0.15) is 18.5 Å². The van der Waals surface area contributed by atoms with Crippen LogP contribution in [-0.4, -0.2) is 37.5 Å². The summed E-state index contributed by atoms with van der Waals surface area (Å²) in [6.07, 6.45) is -1.50. The molecule has 25 heavy (non-hydrogen) atoms. The van der Waals surface area contributed by atoms with Crippen LogP contribution in [0.3, 0.4) is 0 Å². The minimum Gasteiger partial charge on any atom is -0.375 e. The zero-order valence-electron chi connectivity index (χ0n) is 14.3. The first-order valence-electron chi connectivity index (χ1n) is 8.05. The highest BCUT2D eigenvalue weighted by molar-refractivity contribution is 5.68. The van der Waals surface area contributed by atoms with Gasteiger partial charge in [-0.15, -0.1) is 0 Å². The molecule has 0 amide bonds. The van der Waals surface area contributed by atoms with Gasteiger partial charge in [0.05, 0.1) is 12.6 Å². The zero-order chi connectivity index (χ0) is 18.4. The van der Waals surface area contributed by atoms with Crippen LogP contribution in [0.5, 0.6) is 0 Å². The molecule has 1 aromatic carbocycles. The van der Waals surface area contributed by atoms with Gasteiger partial charge in [0.2, 0.25) is 0 Å². The standard InChI is InChI=1S/C18H20F4N2O/c1-11(2)25-10-24-15-5-4-12(19)8-14(15)17(18(20,21)22)13-6-7-23(3)9-16(13)24/h4-8,11,17H,9-10H2,1-3H3. The first kappa shape index (κ1) is 17.8. The molecule has 0 saturated heterocycles. The number of ether oxygens (including phenoxy) is 1. The molecule has 0 bridgehead atoms. The first-order chi connectivity index (χ1) is 11.7. The van der Waals surface area contributed by atoms with Gasteiger partial charge in [-0.1, -0.05) is 0 Å². The van der Waals surface area contributed by atoms with E-state index in [2.05, 4.69) is 0 Å². The average molecular weight is 356 g/mol. The minimum atomic E-state index is -4.51. The maximum absolute atomic E-state index is 13.8. The van der Waals surface area contributed by atoms with Crippen LogP contribution in [-0.2, 0) is 4.74 Å². The largest absolute Gasteiger partial charge is 0.399 e. The van der Waals surface area contributed by atoms with E-state index in [9.17, 15) is 17.6 Å². The summed E-state index contributed by atoms with van der Waals surface area (Å²) in [4.78, 5) is 3.52. The van der Waals surface area contributed by atoms with Crippen molar-refractivity contribution in [2.75, 3.05) is 25.2 Å². The lowest BCUT2D eigenvalue weighted by molar-refractivity contribution is -0.141. The quantitative estimate of drug-likeness (QED) is 0.747. The highest BCUT2D eigenvalue weighted by atomic mass is 19.4. The molecule has 0 fully saturated rings. The van der Waals surface area contributed by atoms with Crippen molar-refractivity contribution in [2.24, 2.45) is 0 Å². The van der Waals surface area contributed by atoms with Gasteiger partial charge in [0.15, 0.2) is 0 Å². The fraction of sp³-hybridized carbons (Fsp3) is 0.444. The summed E-state index contributed by atoms with van der Waals surface area (Å²) < 4.78 is 60.8. The van der Waals surface area contributed by atoms with Crippen LogP contribution in [0, 0.1) is 5.82 Å². The van der Waals surface area contributed by atoms with Gasteiger partial charge >= 0.3 is 6.18 Å². The van der Waals surface area contributed by atoms with Crippen LogP contribution in [0.25, 0.3) is 0 Å². The molecular weight excluding hydrogens is 336 g/mol. The Bertz CT molecular complexity index is 724. The van der Waals surface area contributed by atoms with Crippen molar-refractivity contribution in [3.8, 4) is 0 Å². The first-order valence-corrected chi connectivity index (χ1v) is 8.05. The van der Waals surface area contributed by atoms with Crippen molar-refractivity contribution in [3.05, 3.63) is 53.1 Å². The Balaban J connectivity index is 2.17. The predicted molar refractivity (Wildman–Crippen MR) is 87.6 cm³/mol. The van der Waals surface area contributed by atoms with Crippen LogP contribution < -0.4 is 4.90 Å². The van der Waals surface area contributed by atoms with Crippen molar-refractivity contribution < 1.29 is 22.3 Å². The highest BCUT2D eigenvalue weighted by Crippen LogP contribution is 2.50. The molecule has 136 valence electrons. The van der Waals surface area contributed by atoms with Crippen LogP contribution in [0.2, 0.25) is 0 Å². The van der Waals surface area contributed by atoms with Crippen molar-refractivity contribution in [3.63, 3.8) is 0 Å². The molecule has 1 unspecified atom stereocenters. The average Bonchev–Trinajstić information content (AvgIpc) is 2.50. The molecule has 1 atom stereocenters. The molecule has 0 spiro atoms. The fourth-order valence-corrected chi connectivity index (χ4v) is 3.23. The van der Waals surface area contributed by atoms with Crippen molar-refractivity contribution in [1.82, 2.24) is 4.90 Å². The number of allylic oxidation sites excluding steroid dienone is 2. The lowest BCUT2D eigenvalue weighted by Gasteiger charge is -2.42. The topological polar surface area (TPSA) is 15.7 Å². The highest BCUT2D eigenvalue weighted by Gasteiger charge is 2.48. The third kappa shape index (κ3) is 3.38. The molecule has 3 nitrogen and oxygen atoms in total. The third-order valence-corrected chi connectivity index (χ3v) is 4.33. The van der Waals surface area contributed by atoms with Gasteiger partial charge in [-0.25, -0.2) is 4.39 Å². The number of halogens is 4. The molecule has 3 rings (SSSR count). The van der Waals surface area contributed by atoms with E-state index in [0.29, 0.717) is 17.9 Å². The molecule has 1 aromatic rings. The Kier molecular flexibility index (Phi) is 4.53. The molecule has 0 aliphatic carbocycles. The fourth-order valence-electron chi connectivity index (χ4n) is 3.23. The van der Waals surface area contributed by atoms with E-state index in [1.54, 1.807) is 18.1 Å². The molecular formula is C18H20F4N2O. The number of nitrogens with zero attached hydrogens (tertiary/aromatic N) is 2. The summed E-state index contributed by atoms with van der Waals surface area (Å²) in [6, 6.07) is 3.56. The van der Waals surface area contributed by atoms with Crippen molar-refractivity contribution >= 4 is 5.69 Å². The number of benzene rings is 1. The van der Waals surface area contributed by atoms with Gasteiger partial charge in [-0.2, -0.15) is 13.2 Å². The van der Waals surface area contributed by atoms with E-state index in [-0.39, 0.29) is 24.0 Å². The lowest BCUT2D eigenvalue weighted by Crippen LogP contribution is -2.41. The Morgan fingerprint density at radius 1 is 1.28 bits per heavy atom. The van der Waals surface area contributed by atoms with Gasteiger partial charge in [0, 0.05) is 18.4 Å². The molecule has 0 radical (unpaired) electrons. The summed E-state index contributed by atoms with van der Waals surface area (Å²) in [5.41, 5.74) is 0.947. The predicted octanol–water partition coefficient (Wildman–Crippen LogP) is 4.39. The van der Waals surface area contributed by atoms with E-state index in [1.807, 2.05) is 18.7 Å². The smallest absolute Gasteiger partial charge is 0.375 e. The van der Waals surface area contributed by atoms with E-state index < -0.39 is 17.9 Å². The number of likely N-dealkylation sites (N-methyl/N-ethyl adjacent to an activating group) is 1. The lowest BCUT2D eigenvalue weighted by atomic mass is 9.83. The monoisotopic (exact) mass is 356 g/mol. The van der Waals surface area contributed by atoms with E-state index in [1.165, 1.54) is 18.2 Å². The summed E-state index contributed by atoms with van der Waals surface area (Å²) in [5.74, 6) is -2.52. The number of anilines is 1. The van der Waals surface area contributed by atoms with Gasteiger partial charge in [0.25, 0.3) is 0 Å². The van der Waals surface area contributed by atoms with Crippen molar-refractivity contribution in [1.29, 1.82) is 0 Å². The third-order valence-electron chi connectivity index (χ3n) is 4.33. The van der Waals surface area contributed by atoms with E-state index >= 15 is 0 Å². The molecule has 7 heteroatoms. The number of rotatable bonds is 3. The van der Waals surface area contributed by atoms with Gasteiger partial charge in [-0.05, 0) is 55.5 Å². The Hall–Kier alpha value is -2.02. The van der Waals surface area contributed by atoms with Crippen LogP contribution >= 0.6 is 0 Å². The molecule has 2 heterocycles. The second-order valence-electron chi connectivity index (χ2n) is 6.58. The second kappa shape index (κ2) is 6.37. The van der Waals surface area contributed by atoms with Gasteiger partial charge in [-0.3, -0.25) is 0 Å². The van der Waals surface area contributed by atoms with Crippen LogP contribution in [0.15, 0.2) is 41.7 Å². The maximum Gasteiger partial charge on any atom is 0.399 e. The summed E-state index contributed by atoms with van der Waals surface area (Å²) in [7, 11) is 1.80. The molecule has 0 aromatic heterocycles. The Morgan fingerprint density at radius 3 is 2.64 bits per heavy atom. The van der Waals surface area contributed by atoms with Crippen LogP contribution in [0.4, 0.5) is 23.2 Å². The number of hydrogen-bond acceptors (Lipinski definition) is 3. The maximum atomic E-state index is 13.8. The Morgan fingerprint density at radius 2 is 2.00 bits per heavy atom. The number of hydrogen-bond donors (Lipinski definition) is 0. The molecule has 2 aliphatic heterocycles. The SMILES string of the molecule is CC(C)OCN1C2=C(C=CN(C)C2)C(C(F)(F)F)c2cc(F)ccc21. The number of alkyl halides is 3. The van der Waals surface area contributed by atoms with E-state index in [4.69, 9.17) is 4.74 Å². The molecule has 2 aliphatic rings. The summed E-state index contributed by atoms with van der Waals surface area (Å²) >= 11 is 0. The minimum absolute atomic E-state index is 0.0761. The summed E-state index contributed by atoms with van der Waals surface area (Å²) in [5, 5.41) is 0. The molecule has 0 N–H and O–H groups in total. The van der Waals surface area contributed by atoms with Gasteiger partial charge < -0.3 is 14.5 Å². The zero-order valence-corrected chi connectivity index (χ0v) is 14.3. The Labute approximate surface area is 144 Å². The normalized spacial score (nSPS) is 20.2. The number of fused-ring (bicyclic) bond motifs is 1. The van der Waals surface area contributed by atoms with Crippen molar-refractivity contribution in [2.45, 2.75) is 32.0 Å². The molecule has 0 saturated carbocycles.